The van der Waals surface area contributed by atoms with E-state index in [1.807, 2.05) is 0 Å². The van der Waals surface area contributed by atoms with Crippen LogP contribution in [0.15, 0.2) is 5.29 Å². The molecule has 0 aromatic carbocycles. The molecule has 0 unspecified atom stereocenters. The van der Waals surface area contributed by atoms with Gasteiger partial charge in [0.15, 0.2) is 10.7 Å². The molecular weight excluding hydrogens is 194 g/mol. The van der Waals surface area contributed by atoms with Crippen molar-refractivity contribution >= 4 is 10.2 Å². The van der Waals surface area contributed by atoms with Gasteiger partial charge in [-0.15, -0.1) is 0 Å². The molecule has 1 N–H and O–H groups in total. The number of nitrogens with zero attached hydrogens (tertiary/aromatic N) is 4. The number of rotatable bonds is 4. The van der Waals surface area contributed by atoms with E-state index in [2.05, 4.69) is 0 Å². The molecule has 0 bridgehead atoms. The molecule has 66 valence electrons. The van der Waals surface area contributed by atoms with Crippen LogP contribution >= 0.6 is 0 Å². The molecule has 0 aliphatic rings. The van der Waals surface area contributed by atoms with Crippen LogP contribution in [-0.2, 0) is 10.2 Å². The summed E-state index contributed by atoms with van der Waals surface area (Å²) in [5.41, 5.74) is 0. The molecule has 0 radical (unpaired) electrons. The average Bonchev–Trinajstić information content (AvgIpc) is 1.86. The SMILES string of the molecule is N#CNS(=O)(=O)N(N=O)[N+](=O)[O-]. The average molecular weight is 195 g/mol. The standard InChI is InChI=1S/CHN5O5S/c2-1-3-12(10,11)5(4-7)6(8)9/h3H. The predicted molar refractivity (Wildman–Crippen MR) is 32.3 cm³/mol. The molecule has 0 fully saturated rings. The summed E-state index contributed by atoms with van der Waals surface area (Å²) < 4.78 is 20.9. The Hall–Kier alpha value is -1.96. The van der Waals surface area contributed by atoms with Crippen LogP contribution in [0.25, 0.3) is 0 Å². The Labute approximate surface area is 65.6 Å². The van der Waals surface area contributed by atoms with Crippen molar-refractivity contribution < 1.29 is 13.5 Å². The van der Waals surface area contributed by atoms with Gasteiger partial charge in [0.05, 0.1) is 5.03 Å². The Kier molecular flexibility index (Phi) is 2.88. The van der Waals surface area contributed by atoms with E-state index in [4.69, 9.17) is 5.26 Å². The fourth-order valence-electron chi connectivity index (χ4n) is 0.260. The molecule has 0 spiro atoms. The zero-order chi connectivity index (χ0) is 9.78. The van der Waals surface area contributed by atoms with Crippen LogP contribution in [0, 0.1) is 26.5 Å². The van der Waals surface area contributed by atoms with Gasteiger partial charge < -0.3 is 10.1 Å². The number of nitriles is 1. The number of nitrogens with one attached hydrogen (secondary N) is 1. The summed E-state index contributed by atoms with van der Waals surface area (Å²) >= 11 is 0. The maximum absolute atomic E-state index is 10.5. The highest BCUT2D eigenvalue weighted by atomic mass is 32.2. The van der Waals surface area contributed by atoms with Gasteiger partial charge in [-0.3, -0.25) is 0 Å². The van der Waals surface area contributed by atoms with Crippen molar-refractivity contribution in [3.8, 4) is 6.19 Å². The zero-order valence-electron chi connectivity index (χ0n) is 5.24. The van der Waals surface area contributed by atoms with E-state index in [9.17, 15) is 23.4 Å². The van der Waals surface area contributed by atoms with E-state index >= 15 is 0 Å². The summed E-state index contributed by atoms with van der Waals surface area (Å²) in [6.07, 6.45) is 0.895. The highest BCUT2D eigenvalue weighted by molar-refractivity contribution is 7.87. The first kappa shape index (κ1) is 10.0. The minimum Gasteiger partial charge on any atom is -0.338 e. The van der Waals surface area contributed by atoms with Crippen LogP contribution < -0.4 is 4.72 Å². The minimum atomic E-state index is -4.78. The first-order valence-electron chi connectivity index (χ1n) is 2.14. The van der Waals surface area contributed by atoms with Crippen LogP contribution in [0.3, 0.4) is 0 Å². The quantitative estimate of drug-likeness (QED) is 0.189. The predicted octanol–water partition coefficient (Wildman–Crippen LogP) is -1.52. The normalized spacial score (nSPS) is 9.58. The lowest BCUT2D eigenvalue weighted by Crippen LogP contribution is -2.38. The van der Waals surface area contributed by atoms with E-state index in [0.717, 1.165) is 10.9 Å². The van der Waals surface area contributed by atoms with Crippen LogP contribution in [0.4, 0.5) is 0 Å². The smallest absolute Gasteiger partial charge is 0.338 e. The van der Waals surface area contributed by atoms with E-state index in [-0.39, 0.29) is 0 Å². The summed E-state index contributed by atoms with van der Waals surface area (Å²) in [7, 11) is -4.78. The molecule has 0 aliphatic carbocycles. The molecule has 0 heterocycles. The van der Waals surface area contributed by atoms with Gasteiger partial charge in [0, 0.05) is 4.91 Å². The fourth-order valence-corrected chi connectivity index (χ4v) is 0.720. The third-order valence-corrected chi connectivity index (χ3v) is 1.58. The second-order valence-electron chi connectivity index (χ2n) is 1.26. The first-order valence-corrected chi connectivity index (χ1v) is 3.58. The topological polar surface area (TPSA) is 146 Å². The van der Waals surface area contributed by atoms with Gasteiger partial charge in [0.25, 0.3) is 0 Å². The molecule has 10 nitrogen and oxygen atoms in total. The van der Waals surface area contributed by atoms with Gasteiger partial charge in [-0.25, -0.2) is 0 Å². The Morgan fingerprint density at radius 2 is 2.17 bits per heavy atom. The molecule has 0 saturated carbocycles. The Morgan fingerprint density at radius 1 is 1.67 bits per heavy atom. The highest BCUT2D eigenvalue weighted by Crippen LogP contribution is 1.96. The van der Waals surface area contributed by atoms with Crippen molar-refractivity contribution in [1.82, 2.24) is 9.25 Å². The van der Waals surface area contributed by atoms with E-state index < -0.39 is 19.8 Å². The summed E-state index contributed by atoms with van der Waals surface area (Å²) in [5.74, 6) is 0. The molecule has 0 atom stereocenters. The fraction of sp³-hybridized carbons (Fsp3) is 0. The second kappa shape index (κ2) is 3.44. The molecule has 0 aromatic rings. The molecule has 0 amide bonds. The van der Waals surface area contributed by atoms with Gasteiger partial charge in [0.1, 0.15) is 0 Å². The van der Waals surface area contributed by atoms with Gasteiger partial charge in [0.2, 0.25) is 0 Å². The largest absolute Gasteiger partial charge is 0.407 e. The van der Waals surface area contributed by atoms with E-state index in [1.54, 1.807) is 5.29 Å². The van der Waals surface area contributed by atoms with Crippen molar-refractivity contribution in [3.05, 3.63) is 15.0 Å². The molecule has 0 aliphatic heterocycles. The summed E-state index contributed by atoms with van der Waals surface area (Å²) in [5, 5.41) is 17.5. The van der Waals surface area contributed by atoms with Crippen molar-refractivity contribution in [2.24, 2.45) is 5.29 Å². The van der Waals surface area contributed by atoms with Gasteiger partial charge in [-0.2, -0.15) is 18.4 Å². The third kappa shape index (κ3) is 2.02. The van der Waals surface area contributed by atoms with Crippen molar-refractivity contribution in [3.63, 3.8) is 0 Å². The van der Waals surface area contributed by atoms with E-state index in [0.29, 0.717) is 0 Å². The highest BCUT2D eigenvalue weighted by Gasteiger charge is 2.33. The van der Waals surface area contributed by atoms with Crippen LogP contribution in [0.5, 0.6) is 0 Å². The third-order valence-electron chi connectivity index (χ3n) is 0.599. The summed E-state index contributed by atoms with van der Waals surface area (Å²) in [4.78, 5) is 19.3. The Bertz CT molecular complexity index is 324. The lowest BCUT2D eigenvalue weighted by Gasteiger charge is -2.02. The van der Waals surface area contributed by atoms with Gasteiger partial charge in [-0.1, -0.05) is 0 Å². The zero-order valence-corrected chi connectivity index (χ0v) is 6.05. The van der Waals surface area contributed by atoms with Gasteiger partial charge >= 0.3 is 15.5 Å². The summed E-state index contributed by atoms with van der Waals surface area (Å²) in [6, 6.07) is 0. The Balaban J connectivity index is 4.88. The molecule has 0 saturated heterocycles. The minimum absolute atomic E-state index is 0.895. The number of hydrogen-bond donors (Lipinski definition) is 1. The second-order valence-corrected chi connectivity index (χ2v) is 2.74. The lowest BCUT2D eigenvalue weighted by atomic mass is 11.5. The maximum Gasteiger partial charge on any atom is 0.407 e. The molecule has 0 aromatic heterocycles. The van der Waals surface area contributed by atoms with Gasteiger partial charge in [-0.05, 0) is 0 Å². The molecule has 11 heteroatoms. The lowest BCUT2D eigenvalue weighted by molar-refractivity contribution is -0.622. The monoisotopic (exact) mass is 195 g/mol. The van der Waals surface area contributed by atoms with Crippen molar-refractivity contribution in [1.29, 1.82) is 5.26 Å². The number of hydrazine groups is 1. The van der Waals surface area contributed by atoms with Crippen molar-refractivity contribution in [2.45, 2.75) is 0 Å². The van der Waals surface area contributed by atoms with Crippen LogP contribution in [0.1, 0.15) is 0 Å². The van der Waals surface area contributed by atoms with Crippen LogP contribution in [0.2, 0.25) is 0 Å². The number of nitro groups is 1. The molecule has 0 rings (SSSR count). The van der Waals surface area contributed by atoms with Crippen molar-refractivity contribution in [2.75, 3.05) is 0 Å². The molecule has 12 heavy (non-hydrogen) atoms. The number of hydrogen-bond acceptors (Lipinski definition) is 7. The summed E-state index contributed by atoms with van der Waals surface area (Å²) in [6.45, 7) is 0. The first-order chi connectivity index (χ1) is 5.45. The number of nitroso groups, excluding NO2 is 1. The Morgan fingerprint density at radius 3 is 2.42 bits per heavy atom. The van der Waals surface area contributed by atoms with E-state index in [1.165, 1.54) is 0 Å². The van der Waals surface area contributed by atoms with Crippen LogP contribution in [-0.4, -0.2) is 18.0 Å². The maximum atomic E-state index is 10.5. The molecular formula is CHN5O5S.